The van der Waals surface area contributed by atoms with Crippen LogP contribution in [0.15, 0.2) is 34.7 Å². The number of hydrogen-bond acceptors (Lipinski definition) is 3. The van der Waals surface area contributed by atoms with Gasteiger partial charge in [-0.25, -0.2) is 4.39 Å². The molecule has 0 saturated heterocycles. The van der Waals surface area contributed by atoms with Gasteiger partial charge in [-0.3, -0.25) is 0 Å². The Labute approximate surface area is 124 Å². The molecule has 2 rings (SSSR count). The molecule has 3 nitrogen and oxygen atoms in total. The number of rotatable bonds is 7. The van der Waals surface area contributed by atoms with E-state index in [4.69, 9.17) is 9.52 Å². The summed E-state index contributed by atoms with van der Waals surface area (Å²) in [7, 11) is 0. The zero-order chi connectivity index (χ0) is 15.2. The zero-order valence-electron chi connectivity index (χ0n) is 12.5. The van der Waals surface area contributed by atoms with Crippen molar-refractivity contribution in [3.63, 3.8) is 0 Å². The predicted octanol–water partition coefficient (Wildman–Crippen LogP) is 3.64. The van der Waals surface area contributed by atoms with Gasteiger partial charge in [0, 0.05) is 18.2 Å². The largest absolute Gasteiger partial charge is 0.460 e. The molecule has 0 spiro atoms. The molecular formula is C17H22FNO2. The summed E-state index contributed by atoms with van der Waals surface area (Å²) in [5, 5.41) is 12.1. The van der Waals surface area contributed by atoms with E-state index in [2.05, 4.69) is 12.2 Å². The molecule has 0 bridgehead atoms. The summed E-state index contributed by atoms with van der Waals surface area (Å²) in [5.74, 6) is 1.29. The van der Waals surface area contributed by atoms with Crippen molar-refractivity contribution in [3.05, 3.63) is 47.5 Å². The minimum absolute atomic E-state index is 0.218. The van der Waals surface area contributed by atoms with Gasteiger partial charge in [0.1, 0.15) is 17.3 Å². The third kappa shape index (κ3) is 4.16. The Morgan fingerprint density at radius 1 is 1.29 bits per heavy atom. The highest BCUT2D eigenvalue weighted by atomic mass is 19.1. The van der Waals surface area contributed by atoms with Crippen molar-refractivity contribution in [2.45, 2.75) is 39.3 Å². The molecule has 4 heteroatoms. The molecule has 1 aromatic carbocycles. The van der Waals surface area contributed by atoms with E-state index >= 15 is 0 Å². The van der Waals surface area contributed by atoms with Crippen molar-refractivity contribution in [2.24, 2.45) is 0 Å². The first-order valence-corrected chi connectivity index (χ1v) is 7.30. The van der Waals surface area contributed by atoms with Crippen molar-refractivity contribution in [1.82, 2.24) is 5.32 Å². The van der Waals surface area contributed by atoms with Gasteiger partial charge in [-0.05, 0) is 50.5 Å². The summed E-state index contributed by atoms with van der Waals surface area (Å²) in [4.78, 5) is 0. The Kier molecular flexibility index (Phi) is 5.53. The first-order valence-electron chi connectivity index (χ1n) is 7.30. The van der Waals surface area contributed by atoms with Gasteiger partial charge in [0.15, 0.2) is 0 Å². The monoisotopic (exact) mass is 291 g/mol. The summed E-state index contributed by atoms with van der Waals surface area (Å²) in [6, 6.07) is 9.10. The minimum atomic E-state index is -0.221. The molecule has 1 aromatic heterocycles. The van der Waals surface area contributed by atoms with Crippen LogP contribution in [0.25, 0.3) is 11.3 Å². The van der Waals surface area contributed by atoms with Gasteiger partial charge in [0.2, 0.25) is 0 Å². The van der Waals surface area contributed by atoms with Crippen LogP contribution in [0.4, 0.5) is 4.39 Å². The van der Waals surface area contributed by atoms with E-state index in [1.165, 1.54) is 6.07 Å². The summed E-state index contributed by atoms with van der Waals surface area (Å²) in [5.41, 5.74) is 1.39. The Morgan fingerprint density at radius 2 is 2.10 bits per heavy atom. The number of hydrogen-bond donors (Lipinski definition) is 2. The molecule has 0 unspecified atom stereocenters. The van der Waals surface area contributed by atoms with Crippen molar-refractivity contribution in [1.29, 1.82) is 0 Å². The van der Waals surface area contributed by atoms with E-state index in [0.29, 0.717) is 23.9 Å². The molecule has 2 N–H and O–H groups in total. The molecule has 2 aromatic rings. The fourth-order valence-corrected chi connectivity index (χ4v) is 2.27. The van der Waals surface area contributed by atoms with Gasteiger partial charge in [0.25, 0.3) is 0 Å². The molecular weight excluding hydrogens is 269 g/mol. The first-order chi connectivity index (χ1) is 10.1. The Morgan fingerprint density at radius 3 is 2.86 bits per heavy atom. The lowest BCUT2D eigenvalue weighted by Gasteiger charge is -2.11. The molecule has 1 heterocycles. The van der Waals surface area contributed by atoms with Gasteiger partial charge in [0.05, 0.1) is 6.54 Å². The van der Waals surface area contributed by atoms with E-state index < -0.39 is 0 Å². The van der Waals surface area contributed by atoms with Crippen LogP contribution in [0.1, 0.15) is 31.1 Å². The summed E-state index contributed by atoms with van der Waals surface area (Å²) in [6.07, 6.45) is 1.72. The maximum Gasteiger partial charge on any atom is 0.134 e. The molecule has 0 aliphatic rings. The van der Waals surface area contributed by atoms with Gasteiger partial charge in [-0.2, -0.15) is 0 Å². The van der Waals surface area contributed by atoms with Crippen LogP contribution in [-0.2, 0) is 6.54 Å². The van der Waals surface area contributed by atoms with Crippen LogP contribution in [0, 0.1) is 12.7 Å². The minimum Gasteiger partial charge on any atom is -0.460 e. The van der Waals surface area contributed by atoms with Crippen LogP contribution in [0.3, 0.4) is 0 Å². The third-order valence-electron chi connectivity index (χ3n) is 3.61. The number of furan rings is 1. The van der Waals surface area contributed by atoms with Crippen molar-refractivity contribution >= 4 is 0 Å². The third-order valence-corrected chi connectivity index (χ3v) is 3.61. The van der Waals surface area contributed by atoms with E-state index in [0.717, 1.165) is 24.2 Å². The molecule has 0 fully saturated rings. The fraction of sp³-hybridized carbons (Fsp3) is 0.412. The highest BCUT2D eigenvalue weighted by Crippen LogP contribution is 2.26. The summed E-state index contributed by atoms with van der Waals surface area (Å²) >= 11 is 0. The molecule has 21 heavy (non-hydrogen) atoms. The maximum absolute atomic E-state index is 13.6. The number of aliphatic hydroxyl groups is 1. The van der Waals surface area contributed by atoms with Crippen molar-refractivity contribution in [3.8, 4) is 11.3 Å². The zero-order valence-corrected chi connectivity index (χ0v) is 12.5. The average molecular weight is 291 g/mol. The second kappa shape index (κ2) is 7.38. The fourth-order valence-electron chi connectivity index (χ4n) is 2.27. The van der Waals surface area contributed by atoms with Crippen LogP contribution in [-0.4, -0.2) is 17.8 Å². The Balaban J connectivity index is 2.00. The number of benzene rings is 1. The quantitative estimate of drug-likeness (QED) is 0.818. The van der Waals surface area contributed by atoms with Crippen LogP contribution in [0.5, 0.6) is 0 Å². The molecule has 0 aliphatic heterocycles. The lowest BCUT2D eigenvalue weighted by atomic mass is 10.1. The number of aliphatic hydroxyl groups excluding tert-OH is 1. The summed E-state index contributed by atoms with van der Waals surface area (Å²) in [6.45, 7) is 4.68. The van der Waals surface area contributed by atoms with E-state index in [9.17, 15) is 4.39 Å². The molecule has 0 aliphatic carbocycles. The van der Waals surface area contributed by atoms with E-state index in [1.807, 2.05) is 18.2 Å². The topological polar surface area (TPSA) is 45.4 Å². The highest BCUT2D eigenvalue weighted by Gasteiger charge is 2.10. The molecule has 0 amide bonds. The van der Waals surface area contributed by atoms with E-state index in [-0.39, 0.29) is 12.4 Å². The van der Waals surface area contributed by atoms with E-state index in [1.54, 1.807) is 13.0 Å². The van der Waals surface area contributed by atoms with Crippen molar-refractivity contribution < 1.29 is 13.9 Å². The van der Waals surface area contributed by atoms with Gasteiger partial charge < -0.3 is 14.8 Å². The molecule has 0 radical (unpaired) electrons. The average Bonchev–Trinajstić information content (AvgIpc) is 2.94. The normalized spacial score (nSPS) is 12.6. The Hall–Kier alpha value is -1.65. The van der Waals surface area contributed by atoms with Crippen LogP contribution >= 0.6 is 0 Å². The molecule has 0 saturated carbocycles. The van der Waals surface area contributed by atoms with Crippen molar-refractivity contribution in [2.75, 3.05) is 6.61 Å². The number of nitrogens with one attached hydrogen (secondary N) is 1. The van der Waals surface area contributed by atoms with Crippen LogP contribution in [0.2, 0.25) is 0 Å². The lowest BCUT2D eigenvalue weighted by molar-refractivity contribution is 0.275. The summed E-state index contributed by atoms with van der Waals surface area (Å²) < 4.78 is 19.4. The predicted molar refractivity (Wildman–Crippen MR) is 81.5 cm³/mol. The SMILES string of the molecule is Cc1c(F)cccc1-c1ccc(CN[C@H](C)CCCO)o1. The second-order valence-electron chi connectivity index (χ2n) is 5.33. The van der Waals surface area contributed by atoms with Gasteiger partial charge >= 0.3 is 0 Å². The maximum atomic E-state index is 13.6. The second-order valence-corrected chi connectivity index (χ2v) is 5.33. The molecule has 1 atom stereocenters. The van der Waals surface area contributed by atoms with Crippen LogP contribution < -0.4 is 5.32 Å². The highest BCUT2D eigenvalue weighted by molar-refractivity contribution is 5.62. The smallest absolute Gasteiger partial charge is 0.134 e. The lowest BCUT2D eigenvalue weighted by Crippen LogP contribution is -2.25. The standard InChI is InChI=1S/C17H22FNO2/c1-12(5-4-10-20)19-11-14-8-9-17(21-14)15-6-3-7-16(18)13(15)2/h3,6-9,12,19-20H,4-5,10-11H2,1-2H3/t12-/m1/s1. The number of halogens is 1. The van der Waals surface area contributed by atoms with Gasteiger partial charge in [-0.1, -0.05) is 12.1 Å². The van der Waals surface area contributed by atoms with Gasteiger partial charge in [-0.15, -0.1) is 0 Å². The Bertz CT molecular complexity index is 580. The molecule has 114 valence electrons. The first kappa shape index (κ1) is 15.7.